The van der Waals surface area contributed by atoms with E-state index in [1.54, 1.807) is 12.1 Å². The van der Waals surface area contributed by atoms with Crippen molar-refractivity contribution in [3.8, 4) is 0 Å². The van der Waals surface area contributed by atoms with Gasteiger partial charge < -0.3 is 10.3 Å². The number of carbonyl (C=O) groups is 1. The van der Waals surface area contributed by atoms with Crippen LogP contribution < -0.4 is 11.3 Å². The van der Waals surface area contributed by atoms with Crippen LogP contribution in [0.4, 0.5) is 5.82 Å². The third-order valence-corrected chi connectivity index (χ3v) is 4.14. The van der Waals surface area contributed by atoms with Gasteiger partial charge in [0, 0.05) is 13.1 Å². The Balaban J connectivity index is 1.79. The minimum absolute atomic E-state index is 0.0779. The Hall–Kier alpha value is -1.33. The molecule has 20 heavy (non-hydrogen) atoms. The van der Waals surface area contributed by atoms with Crippen LogP contribution in [0.15, 0.2) is 12.1 Å². The van der Waals surface area contributed by atoms with E-state index in [0.29, 0.717) is 28.4 Å². The summed E-state index contributed by atoms with van der Waals surface area (Å²) in [5, 5.41) is 0.380. The molecule has 2 fully saturated rings. The summed E-state index contributed by atoms with van der Waals surface area (Å²) in [4.78, 5) is 18.8. The maximum Gasteiger partial charge on any atom is 0.274 e. The summed E-state index contributed by atoms with van der Waals surface area (Å²) in [6, 6.07) is 3.31. The second-order valence-electron chi connectivity index (χ2n) is 5.77. The van der Waals surface area contributed by atoms with E-state index in [9.17, 15) is 4.79 Å². The number of nitrogens with zero attached hydrogens (tertiary/aromatic N) is 2. The highest BCUT2D eigenvalue weighted by molar-refractivity contribution is 6.33. The second-order valence-corrected chi connectivity index (χ2v) is 6.18. The predicted octanol–water partition coefficient (Wildman–Crippen LogP) is 2.28. The summed E-state index contributed by atoms with van der Waals surface area (Å²) in [5.41, 5.74) is 2.75. The Labute approximate surface area is 123 Å². The highest BCUT2D eigenvalue weighted by Gasteiger charge is 2.33. The molecule has 0 unspecified atom stereocenters. The van der Waals surface area contributed by atoms with Gasteiger partial charge in [-0.15, -0.1) is 0 Å². The van der Waals surface area contributed by atoms with Gasteiger partial charge >= 0.3 is 0 Å². The molecule has 5 nitrogen and oxygen atoms in total. The molecule has 0 saturated heterocycles. The maximum atomic E-state index is 12.7. The number of hydrogen-bond acceptors (Lipinski definition) is 4. The molecule has 1 aromatic rings. The van der Waals surface area contributed by atoms with Crippen molar-refractivity contribution in [2.45, 2.75) is 25.7 Å². The summed E-state index contributed by atoms with van der Waals surface area (Å²) in [6.45, 7) is 1.65. The van der Waals surface area contributed by atoms with E-state index in [2.05, 4.69) is 10.4 Å². The third kappa shape index (κ3) is 3.22. The van der Waals surface area contributed by atoms with Gasteiger partial charge in [0.15, 0.2) is 0 Å². The number of halogens is 1. The van der Waals surface area contributed by atoms with Gasteiger partial charge in [0.25, 0.3) is 5.91 Å². The van der Waals surface area contributed by atoms with E-state index in [-0.39, 0.29) is 5.91 Å². The van der Waals surface area contributed by atoms with Crippen LogP contribution in [-0.4, -0.2) is 28.9 Å². The van der Waals surface area contributed by atoms with Crippen molar-refractivity contribution in [3.05, 3.63) is 22.8 Å². The summed E-state index contributed by atoms with van der Waals surface area (Å²) in [7, 11) is 0. The first-order valence-corrected chi connectivity index (χ1v) is 7.47. The fourth-order valence-corrected chi connectivity index (χ4v) is 2.47. The lowest BCUT2D eigenvalue weighted by atomic mass is 10.2. The Morgan fingerprint density at radius 2 is 1.90 bits per heavy atom. The number of carbonyl (C=O) groups excluding carboxylic acids is 1. The predicted molar refractivity (Wildman–Crippen MR) is 78.4 cm³/mol. The molecular formula is C14H19ClN4O. The van der Waals surface area contributed by atoms with Crippen LogP contribution in [0.2, 0.25) is 5.02 Å². The number of nitrogen functional groups attached to an aromatic ring is 1. The van der Waals surface area contributed by atoms with Crippen LogP contribution >= 0.6 is 11.6 Å². The van der Waals surface area contributed by atoms with E-state index in [1.165, 1.54) is 25.7 Å². The molecule has 108 valence electrons. The maximum absolute atomic E-state index is 12.7. The van der Waals surface area contributed by atoms with Crippen LogP contribution in [-0.2, 0) is 0 Å². The number of nitrogens with two attached hydrogens (primary N) is 1. The lowest BCUT2D eigenvalue weighted by molar-refractivity contribution is 0.0734. The first-order valence-electron chi connectivity index (χ1n) is 7.10. The van der Waals surface area contributed by atoms with Gasteiger partial charge in [0.1, 0.15) is 11.5 Å². The van der Waals surface area contributed by atoms with E-state index in [4.69, 9.17) is 17.4 Å². The van der Waals surface area contributed by atoms with Crippen molar-refractivity contribution < 1.29 is 4.79 Å². The Morgan fingerprint density at radius 3 is 2.40 bits per heavy atom. The van der Waals surface area contributed by atoms with Gasteiger partial charge in [-0.2, -0.15) is 0 Å². The molecular weight excluding hydrogens is 276 g/mol. The smallest absolute Gasteiger partial charge is 0.274 e. The lowest BCUT2D eigenvalue weighted by Gasteiger charge is -2.22. The number of nitrogens with one attached hydrogen (secondary N) is 1. The molecule has 0 aliphatic heterocycles. The second kappa shape index (κ2) is 5.58. The van der Waals surface area contributed by atoms with E-state index in [0.717, 1.165) is 13.1 Å². The molecule has 0 radical (unpaired) electrons. The van der Waals surface area contributed by atoms with Crippen molar-refractivity contribution in [2.24, 2.45) is 17.7 Å². The first-order chi connectivity index (χ1) is 9.67. The van der Waals surface area contributed by atoms with Crippen LogP contribution in [0, 0.1) is 11.8 Å². The zero-order valence-corrected chi connectivity index (χ0v) is 12.1. The quantitative estimate of drug-likeness (QED) is 0.624. The largest absolute Gasteiger partial charge is 0.337 e. The average molecular weight is 295 g/mol. The summed E-state index contributed by atoms with van der Waals surface area (Å²) >= 11 is 6.12. The number of aromatic nitrogens is 1. The number of anilines is 1. The number of rotatable bonds is 6. The third-order valence-electron chi connectivity index (χ3n) is 3.83. The van der Waals surface area contributed by atoms with Crippen LogP contribution in [0.25, 0.3) is 0 Å². The van der Waals surface area contributed by atoms with Crippen LogP contribution in [0.5, 0.6) is 0 Å². The van der Waals surface area contributed by atoms with E-state index < -0.39 is 0 Å². The fraction of sp³-hybridized carbons (Fsp3) is 0.571. The minimum atomic E-state index is -0.0779. The fourth-order valence-electron chi connectivity index (χ4n) is 2.29. The van der Waals surface area contributed by atoms with Gasteiger partial charge in [-0.05, 0) is 49.7 Å². The van der Waals surface area contributed by atoms with Crippen LogP contribution in [0.1, 0.15) is 36.2 Å². The molecule has 6 heteroatoms. The molecule has 1 heterocycles. The molecule has 2 aliphatic carbocycles. The molecule has 0 atom stereocenters. The number of pyridine rings is 1. The molecule has 0 aromatic carbocycles. The number of hydrogen-bond donors (Lipinski definition) is 2. The molecule has 3 N–H and O–H groups in total. The average Bonchev–Trinajstić information content (AvgIpc) is 3.33. The summed E-state index contributed by atoms with van der Waals surface area (Å²) in [5.74, 6) is 7.04. The zero-order chi connectivity index (χ0) is 14.1. The van der Waals surface area contributed by atoms with Gasteiger partial charge in [0.05, 0.1) is 5.02 Å². The van der Waals surface area contributed by atoms with E-state index in [1.807, 2.05) is 4.90 Å². The normalized spacial score (nSPS) is 17.9. The molecule has 0 bridgehead atoms. The molecule has 1 aromatic heterocycles. The van der Waals surface area contributed by atoms with Crippen molar-refractivity contribution >= 4 is 23.3 Å². The van der Waals surface area contributed by atoms with Gasteiger partial charge in [-0.3, -0.25) is 4.79 Å². The molecule has 0 spiro atoms. The zero-order valence-electron chi connectivity index (χ0n) is 11.3. The first kappa shape index (κ1) is 13.6. The monoisotopic (exact) mass is 294 g/mol. The highest BCUT2D eigenvalue weighted by Crippen LogP contribution is 2.34. The van der Waals surface area contributed by atoms with Crippen molar-refractivity contribution in [1.82, 2.24) is 9.88 Å². The standard InChI is InChI=1S/C14H19ClN4O/c15-11-5-6-12(18-16)17-13(11)14(20)19(7-9-1-2-9)8-10-3-4-10/h5-6,9-10H,1-4,7-8,16H2,(H,17,18). The number of hydrazine groups is 1. The number of amides is 1. The van der Waals surface area contributed by atoms with E-state index >= 15 is 0 Å². The minimum Gasteiger partial charge on any atom is -0.337 e. The Morgan fingerprint density at radius 1 is 1.30 bits per heavy atom. The SMILES string of the molecule is NNc1ccc(Cl)c(C(=O)N(CC2CC2)CC2CC2)n1. The summed E-state index contributed by atoms with van der Waals surface area (Å²) < 4.78 is 0. The highest BCUT2D eigenvalue weighted by atomic mass is 35.5. The van der Waals surface area contributed by atoms with Gasteiger partial charge in [-0.1, -0.05) is 11.6 Å². The van der Waals surface area contributed by atoms with Gasteiger partial charge in [-0.25, -0.2) is 10.8 Å². The van der Waals surface area contributed by atoms with Crippen molar-refractivity contribution in [2.75, 3.05) is 18.5 Å². The van der Waals surface area contributed by atoms with Crippen molar-refractivity contribution in [1.29, 1.82) is 0 Å². The van der Waals surface area contributed by atoms with Crippen molar-refractivity contribution in [3.63, 3.8) is 0 Å². The van der Waals surface area contributed by atoms with Gasteiger partial charge in [0.2, 0.25) is 0 Å². The Kier molecular flexibility index (Phi) is 3.81. The molecule has 1 amide bonds. The topological polar surface area (TPSA) is 71.2 Å². The molecule has 2 aliphatic rings. The lowest BCUT2D eigenvalue weighted by Crippen LogP contribution is -2.35. The van der Waals surface area contributed by atoms with Crippen LogP contribution in [0.3, 0.4) is 0 Å². The molecule has 2 saturated carbocycles. The molecule has 3 rings (SSSR count). The Bertz CT molecular complexity index is 500. The summed E-state index contributed by atoms with van der Waals surface area (Å²) in [6.07, 6.45) is 4.89.